The fourth-order valence-electron chi connectivity index (χ4n) is 3.08. The van der Waals surface area contributed by atoms with E-state index >= 15 is 0 Å². The normalized spacial score (nSPS) is 15.7. The molecule has 6 heteroatoms. The van der Waals surface area contributed by atoms with Gasteiger partial charge in [-0.3, -0.25) is 4.79 Å². The molecule has 0 amide bonds. The largest absolute Gasteiger partial charge is 0.487 e. The minimum Gasteiger partial charge on any atom is -0.487 e. The van der Waals surface area contributed by atoms with Crippen LogP contribution in [0.3, 0.4) is 0 Å². The van der Waals surface area contributed by atoms with E-state index in [-0.39, 0.29) is 12.2 Å². The van der Waals surface area contributed by atoms with E-state index in [1.54, 1.807) is 0 Å². The van der Waals surface area contributed by atoms with Crippen molar-refractivity contribution >= 4 is 17.7 Å². The second-order valence-corrected chi connectivity index (χ2v) is 8.49. The van der Waals surface area contributed by atoms with Crippen molar-refractivity contribution in [3.8, 4) is 5.75 Å². The number of ether oxygens (including phenoxy) is 3. The van der Waals surface area contributed by atoms with Crippen molar-refractivity contribution in [3.63, 3.8) is 0 Å². The van der Waals surface area contributed by atoms with Crippen LogP contribution in [0.25, 0.3) is 0 Å². The van der Waals surface area contributed by atoms with Crippen LogP contribution in [0.15, 0.2) is 60.0 Å². The summed E-state index contributed by atoms with van der Waals surface area (Å²) < 4.78 is 16.6. The Bertz CT molecular complexity index is 892. The molecule has 3 rings (SSSR count). The van der Waals surface area contributed by atoms with Gasteiger partial charge >= 0.3 is 5.97 Å². The average Bonchev–Trinajstić information content (AvgIpc) is 3.13. The number of rotatable bonds is 9. The third kappa shape index (κ3) is 5.95. The maximum Gasteiger partial charge on any atom is 0.315 e. The topological polar surface area (TPSA) is 56.8 Å². The van der Waals surface area contributed by atoms with Gasteiger partial charge in [0.1, 0.15) is 18.1 Å². The van der Waals surface area contributed by atoms with Gasteiger partial charge in [0.15, 0.2) is 6.23 Å². The zero-order valence-corrected chi connectivity index (χ0v) is 18.8. The van der Waals surface area contributed by atoms with Crippen molar-refractivity contribution in [2.45, 2.75) is 38.7 Å². The summed E-state index contributed by atoms with van der Waals surface area (Å²) in [5.41, 5.74) is 4.46. The third-order valence-electron chi connectivity index (χ3n) is 4.93. The summed E-state index contributed by atoms with van der Waals surface area (Å²) in [7, 11) is 1.40. The Hall–Kier alpha value is -2.60. The molecule has 1 atom stereocenters. The molecule has 1 heterocycles. The minimum atomic E-state index is -0.212. The quantitative estimate of drug-likeness (QED) is 0.559. The molecule has 0 fully saturated rings. The molecule has 1 aliphatic rings. The van der Waals surface area contributed by atoms with Crippen molar-refractivity contribution in [3.05, 3.63) is 76.7 Å². The van der Waals surface area contributed by atoms with Crippen molar-refractivity contribution < 1.29 is 19.0 Å². The van der Waals surface area contributed by atoms with Crippen LogP contribution in [-0.2, 0) is 20.0 Å². The molecule has 1 unspecified atom stereocenters. The molecule has 160 valence electrons. The van der Waals surface area contributed by atoms with Gasteiger partial charge in [-0.2, -0.15) is 0 Å². The lowest BCUT2D eigenvalue weighted by Gasteiger charge is -2.15. The maximum atomic E-state index is 11.2. The first-order valence-corrected chi connectivity index (χ1v) is 11.2. The SMILES string of the molecule is COC(=O)CSCc1cccc(OCC2=C(C)OC(c3ccc(C(C)C)cc3)N2)c1. The Labute approximate surface area is 182 Å². The van der Waals surface area contributed by atoms with Crippen molar-refractivity contribution in [1.82, 2.24) is 5.32 Å². The zero-order chi connectivity index (χ0) is 21.5. The molecular weight excluding hydrogens is 398 g/mol. The first kappa shape index (κ1) is 22.1. The van der Waals surface area contributed by atoms with Crippen LogP contribution in [0.1, 0.15) is 49.6 Å². The molecule has 30 heavy (non-hydrogen) atoms. The van der Waals surface area contributed by atoms with E-state index in [0.717, 1.165) is 34.1 Å². The first-order valence-electron chi connectivity index (χ1n) is 10.1. The standard InChI is InChI=1S/C24H29NO4S/c1-16(2)19-8-10-20(11-9-19)24-25-22(17(3)29-24)13-28-21-7-5-6-18(12-21)14-30-15-23(26)27-4/h5-12,16,24-25H,13-15H2,1-4H3. The third-order valence-corrected chi connectivity index (χ3v) is 5.91. The summed E-state index contributed by atoms with van der Waals surface area (Å²) in [5, 5.41) is 3.42. The number of hydrogen-bond donors (Lipinski definition) is 1. The van der Waals surface area contributed by atoms with Gasteiger partial charge in [0.05, 0.1) is 18.6 Å². The molecule has 0 saturated carbocycles. The molecule has 2 aromatic carbocycles. The maximum absolute atomic E-state index is 11.2. The van der Waals surface area contributed by atoms with E-state index in [2.05, 4.69) is 48.2 Å². The number of esters is 1. The van der Waals surface area contributed by atoms with Gasteiger partial charge in [0.25, 0.3) is 0 Å². The van der Waals surface area contributed by atoms with E-state index in [9.17, 15) is 4.79 Å². The van der Waals surface area contributed by atoms with Gasteiger partial charge in [0.2, 0.25) is 0 Å². The molecule has 1 N–H and O–H groups in total. The molecular formula is C24H29NO4S. The van der Waals surface area contributed by atoms with Crippen molar-refractivity contribution in [1.29, 1.82) is 0 Å². The predicted octanol–water partition coefficient (Wildman–Crippen LogP) is 5.15. The molecule has 0 spiro atoms. The molecule has 0 aliphatic carbocycles. The van der Waals surface area contributed by atoms with E-state index in [1.165, 1.54) is 24.4 Å². The fourth-order valence-corrected chi connectivity index (χ4v) is 3.88. The number of allylic oxidation sites excluding steroid dienone is 1. The molecule has 5 nitrogen and oxygen atoms in total. The second-order valence-electron chi connectivity index (χ2n) is 7.50. The summed E-state index contributed by atoms with van der Waals surface area (Å²) >= 11 is 1.52. The van der Waals surface area contributed by atoms with Gasteiger partial charge in [-0.05, 0) is 36.1 Å². The number of carbonyl (C=O) groups excluding carboxylic acids is 1. The lowest BCUT2D eigenvalue weighted by molar-refractivity contribution is -0.137. The minimum absolute atomic E-state index is 0.189. The highest BCUT2D eigenvalue weighted by Crippen LogP contribution is 2.28. The average molecular weight is 428 g/mol. The van der Waals surface area contributed by atoms with Crippen LogP contribution >= 0.6 is 11.8 Å². The van der Waals surface area contributed by atoms with Crippen LogP contribution in [-0.4, -0.2) is 25.4 Å². The highest BCUT2D eigenvalue weighted by molar-refractivity contribution is 7.99. The smallest absolute Gasteiger partial charge is 0.315 e. The monoisotopic (exact) mass is 427 g/mol. The van der Waals surface area contributed by atoms with E-state index < -0.39 is 0 Å². The van der Waals surface area contributed by atoms with Crippen LogP contribution in [0, 0.1) is 0 Å². The summed E-state index contributed by atoms with van der Waals surface area (Å²) in [4.78, 5) is 11.2. The Morgan fingerprint density at radius 1 is 1.20 bits per heavy atom. The second kappa shape index (κ2) is 10.4. The lowest BCUT2D eigenvalue weighted by Crippen LogP contribution is -2.19. The number of benzene rings is 2. The molecule has 0 aromatic heterocycles. The number of carbonyl (C=O) groups is 1. The molecule has 2 aromatic rings. The summed E-state index contributed by atoms with van der Waals surface area (Å²) in [6.07, 6.45) is -0.189. The summed E-state index contributed by atoms with van der Waals surface area (Å²) in [5.74, 6) is 3.00. The van der Waals surface area contributed by atoms with E-state index in [0.29, 0.717) is 18.3 Å². The predicted molar refractivity (Wildman–Crippen MR) is 120 cm³/mol. The Morgan fingerprint density at radius 2 is 1.97 bits per heavy atom. The molecule has 0 bridgehead atoms. The van der Waals surface area contributed by atoms with Crippen LogP contribution in [0.4, 0.5) is 0 Å². The number of hydrogen-bond acceptors (Lipinski definition) is 6. The number of nitrogens with one attached hydrogen (secondary N) is 1. The number of methoxy groups -OCH3 is 1. The summed E-state index contributed by atoms with van der Waals surface area (Å²) in [6, 6.07) is 16.4. The van der Waals surface area contributed by atoms with Gasteiger partial charge < -0.3 is 19.5 Å². The molecule has 1 aliphatic heterocycles. The van der Waals surface area contributed by atoms with Gasteiger partial charge in [-0.25, -0.2) is 0 Å². The highest BCUT2D eigenvalue weighted by Gasteiger charge is 2.24. The Morgan fingerprint density at radius 3 is 2.67 bits per heavy atom. The van der Waals surface area contributed by atoms with Gasteiger partial charge in [0, 0.05) is 11.3 Å². The summed E-state index contributed by atoms with van der Waals surface area (Å²) in [6.45, 7) is 6.74. The number of thioether (sulfide) groups is 1. The van der Waals surface area contributed by atoms with Crippen LogP contribution in [0.2, 0.25) is 0 Å². The molecule has 0 saturated heterocycles. The first-order chi connectivity index (χ1) is 14.5. The lowest BCUT2D eigenvalue weighted by atomic mass is 10.0. The fraction of sp³-hybridized carbons (Fsp3) is 0.375. The van der Waals surface area contributed by atoms with E-state index in [1.807, 2.05) is 31.2 Å². The van der Waals surface area contributed by atoms with Gasteiger partial charge in [-0.15, -0.1) is 11.8 Å². The van der Waals surface area contributed by atoms with Crippen molar-refractivity contribution in [2.24, 2.45) is 0 Å². The van der Waals surface area contributed by atoms with Crippen LogP contribution in [0.5, 0.6) is 5.75 Å². The van der Waals surface area contributed by atoms with E-state index in [4.69, 9.17) is 9.47 Å². The van der Waals surface area contributed by atoms with Crippen LogP contribution < -0.4 is 10.1 Å². The van der Waals surface area contributed by atoms with Gasteiger partial charge in [-0.1, -0.05) is 50.2 Å². The highest BCUT2D eigenvalue weighted by atomic mass is 32.2. The Balaban J connectivity index is 1.52. The Kier molecular flexibility index (Phi) is 7.69. The zero-order valence-electron chi connectivity index (χ0n) is 17.9. The molecule has 0 radical (unpaired) electrons. The van der Waals surface area contributed by atoms with Crippen molar-refractivity contribution in [2.75, 3.05) is 19.5 Å².